The largest absolute Gasteiger partial charge is 0.494 e. The molecule has 2 aromatic carbocycles. The molecule has 0 amide bonds. The number of likely N-dealkylation sites (N-methyl/N-ethyl adjacent to an activating group) is 1. The van der Waals surface area contributed by atoms with Crippen LogP contribution >= 0.6 is 15.9 Å². The van der Waals surface area contributed by atoms with Crippen LogP contribution in [0.1, 0.15) is 12.8 Å². The lowest BCUT2D eigenvalue weighted by Gasteiger charge is -2.48. The van der Waals surface area contributed by atoms with Gasteiger partial charge in [-0.25, -0.2) is 4.98 Å². The zero-order valence-corrected chi connectivity index (χ0v) is 25.8. The van der Waals surface area contributed by atoms with Crippen LogP contribution in [0.15, 0.2) is 47.3 Å². The van der Waals surface area contributed by atoms with Gasteiger partial charge >= 0.3 is 0 Å². The van der Waals surface area contributed by atoms with Crippen molar-refractivity contribution in [3.05, 3.63) is 47.3 Å². The summed E-state index contributed by atoms with van der Waals surface area (Å²) in [6.45, 7) is 6.25. The summed E-state index contributed by atoms with van der Waals surface area (Å²) in [6, 6.07) is 8.74. The van der Waals surface area contributed by atoms with Crippen molar-refractivity contribution in [1.29, 1.82) is 0 Å². The second-order valence-electron chi connectivity index (χ2n) is 11.3. The lowest BCUT2D eigenvalue weighted by Crippen LogP contribution is -2.57. The smallest absolute Gasteiger partial charge is 0.229 e. The monoisotopic (exact) mass is 646 g/mol. The SMILES string of the molecule is COc1cc2c(cc1Nc1ncc(Br)c(Nc3ccc4nccnc4c3N)n1)OCC1CC(N3CCN(C)CC3)CCN21. The number of hydrogen-bond donors (Lipinski definition) is 3. The average Bonchev–Trinajstić information content (AvgIpc) is 3.03. The second-order valence-corrected chi connectivity index (χ2v) is 12.1. The molecule has 13 heteroatoms. The molecule has 0 bridgehead atoms. The number of aromatic nitrogens is 4. The first kappa shape index (κ1) is 27.9. The average molecular weight is 648 g/mol. The van der Waals surface area contributed by atoms with Gasteiger partial charge in [-0.3, -0.25) is 14.9 Å². The number of piperazine rings is 1. The summed E-state index contributed by atoms with van der Waals surface area (Å²) >= 11 is 3.55. The molecule has 0 spiro atoms. The summed E-state index contributed by atoms with van der Waals surface area (Å²) in [5.41, 5.74) is 10.7. The van der Waals surface area contributed by atoms with Crippen LogP contribution in [-0.4, -0.2) is 95.3 Å². The fourth-order valence-electron chi connectivity index (χ4n) is 6.30. The number of benzene rings is 2. The first-order valence-electron chi connectivity index (χ1n) is 14.6. The summed E-state index contributed by atoms with van der Waals surface area (Å²) in [4.78, 5) is 25.5. The topological polar surface area (TPSA) is 130 Å². The highest BCUT2D eigenvalue weighted by Gasteiger charge is 2.37. The minimum atomic E-state index is 0.353. The van der Waals surface area contributed by atoms with Crippen molar-refractivity contribution in [2.45, 2.75) is 24.9 Å². The third-order valence-electron chi connectivity index (χ3n) is 8.69. The summed E-state index contributed by atoms with van der Waals surface area (Å²) in [7, 11) is 3.88. The Morgan fingerprint density at radius 2 is 1.84 bits per heavy atom. The number of rotatable bonds is 6. The van der Waals surface area contributed by atoms with E-state index in [0.717, 1.165) is 68.2 Å². The molecule has 2 fully saturated rings. The molecule has 5 heterocycles. The van der Waals surface area contributed by atoms with Crippen molar-refractivity contribution in [3.63, 3.8) is 0 Å². The van der Waals surface area contributed by atoms with Crippen LogP contribution in [0.5, 0.6) is 11.5 Å². The third-order valence-corrected chi connectivity index (χ3v) is 9.27. The number of nitrogens with zero attached hydrogens (tertiary/aromatic N) is 7. The van der Waals surface area contributed by atoms with E-state index in [-0.39, 0.29) is 0 Å². The summed E-state index contributed by atoms with van der Waals surface area (Å²) in [5.74, 6) is 2.47. The van der Waals surface area contributed by atoms with Gasteiger partial charge in [-0.2, -0.15) is 4.98 Å². The number of nitrogens with one attached hydrogen (secondary N) is 2. The van der Waals surface area contributed by atoms with Crippen LogP contribution in [0.4, 0.5) is 34.5 Å². The molecule has 2 atom stereocenters. The third kappa shape index (κ3) is 5.48. The molecular formula is C30H35BrN10O2. The number of piperidine rings is 1. The van der Waals surface area contributed by atoms with E-state index in [1.807, 2.05) is 18.2 Å². The fraction of sp³-hybridized carbons (Fsp3) is 0.400. The van der Waals surface area contributed by atoms with Gasteiger partial charge in [-0.1, -0.05) is 0 Å². The van der Waals surface area contributed by atoms with Crippen molar-refractivity contribution in [3.8, 4) is 11.5 Å². The quantitative estimate of drug-likeness (QED) is 0.259. The van der Waals surface area contributed by atoms with Gasteiger partial charge in [-0.05, 0) is 48.0 Å². The Labute approximate surface area is 258 Å². The summed E-state index contributed by atoms with van der Waals surface area (Å²) in [6.07, 6.45) is 7.22. The predicted molar refractivity (Wildman–Crippen MR) is 172 cm³/mol. The molecule has 43 heavy (non-hydrogen) atoms. The van der Waals surface area contributed by atoms with Gasteiger partial charge < -0.3 is 35.6 Å². The fourth-order valence-corrected chi connectivity index (χ4v) is 6.59. The van der Waals surface area contributed by atoms with Crippen LogP contribution in [0, 0.1) is 0 Å². The number of hydrogen-bond acceptors (Lipinski definition) is 12. The molecule has 224 valence electrons. The summed E-state index contributed by atoms with van der Waals surface area (Å²) in [5, 5.41) is 6.62. The number of nitrogen functional groups attached to an aromatic ring is 1. The molecule has 0 aliphatic carbocycles. The van der Waals surface area contributed by atoms with Gasteiger partial charge in [0.1, 0.15) is 29.4 Å². The van der Waals surface area contributed by atoms with Crippen LogP contribution in [0.3, 0.4) is 0 Å². The number of nitrogens with two attached hydrogens (primary N) is 1. The molecule has 2 unspecified atom stereocenters. The van der Waals surface area contributed by atoms with E-state index in [2.05, 4.69) is 69.3 Å². The summed E-state index contributed by atoms with van der Waals surface area (Å²) < 4.78 is 12.9. The van der Waals surface area contributed by atoms with Crippen molar-refractivity contribution < 1.29 is 9.47 Å². The standard InChI is InChI=1S/C30H35BrN10O2/c1-39-9-11-40(12-10-39)18-5-8-41-19(13-18)17-43-26-14-23(25(42-2)15-24(26)41)37-30-35-16-20(31)29(38-30)36-21-3-4-22-28(27(21)32)34-7-6-33-22/h3-4,6-7,14-16,18-19H,5,8-13,17,32H2,1-2H3,(H2,35,36,37,38). The zero-order valence-electron chi connectivity index (χ0n) is 24.3. The minimum Gasteiger partial charge on any atom is -0.494 e. The second kappa shape index (κ2) is 11.6. The zero-order chi connectivity index (χ0) is 29.5. The minimum absolute atomic E-state index is 0.353. The number of halogens is 1. The highest BCUT2D eigenvalue weighted by molar-refractivity contribution is 9.10. The highest BCUT2D eigenvalue weighted by atomic mass is 79.9. The Hall–Kier alpha value is -3.94. The molecule has 7 rings (SSSR count). The number of fused-ring (bicyclic) bond motifs is 4. The van der Waals surface area contributed by atoms with Crippen LogP contribution in [0.2, 0.25) is 0 Å². The lowest BCUT2D eigenvalue weighted by molar-refractivity contribution is 0.0822. The predicted octanol–water partition coefficient (Wildman–Crippen LogP) is 4.24. The van der Waals surface area contributed by atoms with Gasteiger partial charge in [0.15, 0.2) is 0 Å². The van der Waals surface area contributed by atoms with Gasteiger partial charge in [0, 0.05) is 69.5 Å². The van der Waals surface area contributed by atoms with Crippen molar-refractivity contribution in [2.75, 3.05) is 74.8 Å². The highest BCUT2D eigenvalue weighted by Crippen LogP contribution is 2.44. The Kier molecular flexibility index (Phi) is 7.53. The molecule has 3 aliphatic rings. The molecule has 12 nitrogen and oxygen atoms in total. The molecule has 4 N–H and O–H groups in total. The van der Waals surface area contributed by atoms with Crippen molar-refractivity contribution in [1.82, 2.24) is 29.7 Å². The van der Waals surface area contributed by atoms with E-state index in [1.54, 1.807) is 25.7 Å². The Morgan fingerprint density at radius 1 is 1.00 bits per heavy atom. The molecule has 2 saturated heterocycles. The van der Waals surface area contributed by atoms with E-state index in [9.17, 15) is 0 Å². The maximum Gasteiger partial charge on any atom is 0.229 e. The van der Waals surface area contributed by atoms with Gasteiger partial charge in [0.2, 0.25) is 5.95 Å². The van der Waals surface area contributed by atoms with Crippen LogP contribution in [0.25, 0.3) is 11.0 Å². The van der Waals surface area contributed by atoms with E-state index in [0.29, 0.717) is 57.6 Å². The Balaban J connectivity index is 1.10. The van der Waals surface area contributed by atoms with E-state index < -0.39 is 0 Å². The van der Waals surface area contributed by atoms with E-state index in [4.69, 9.17) is 20.2 Å². The first-order valence-corrected chi connectivity index (χ1v) is 15.4. The maximum atomic E-state index is 6.40. The number of ether oxygens (including phenoxy) is 2. The number of anilines is 6. The van der Waals surface area contributed by atoms with Gasteiger partial charge in [-0.15, -0.1) is 0 Å². The van der Waals surface area contributed by atoms with E-state index >= 15 is 0 Å². The molecule has 0 radical (unpaired) electrons. The van der Waals surface area contributed by atoms with Gasteiger partial charge in [0.05, 0.1) is 45.9 Å². The molecular weight excluding hydrogens is 612 g/mol. The van der Waals surface area contributed by atoms with Crippen molar-refractivity contribution in [2.24, 2.45) is 0 Å². The molecule has 4 aromatic rings. The first-order chi connectivity index (χ1) is 21.0. The molecule has 2 aromatic heterocycles. The Bertz CT molecular complexity index is 1650. The van der Waals surface area contributed by atoms with Gasteiger partial charge in [0.25, 0.3) is 0 Å². The maximum absolute atomic E-state index is 6.40. The normalized spacial score (nSPS) is 20.7. The van der Waals surface area contributed by atoms with Crippen molar-refractivity contribution >= 4 is 61.5 Å². The van der Waals surface area contributed by atoms with Crippen LogP contribution in [-0.2, 0) is 0 Å². The van der Waals surface area contributed by atoms with Crippen LogP contribution < -0.4 is 30.7 Å². The lowest BCUT2D eigenvalue weighted by atomic mass is 9.93. The molecule has 0 saturated carbocycles. The Morgan fingerprint density at radius 3 is 2.67 bits per heavy atom. The molecule has 3 aliphatic heterocycles. The number of methoxy groups -OCH3 is 1. The van der Waals surface area contributed by atoms with E-state index in [1.165, 1.54) is 0 Å².